The first-order valence-electron chi connectivity index (χ1n) is 6.63. The molecule has 0 saturated carbocycles. The molecular formula is C13H18BrN3O3. The molecule has 1 unspecified atom stereocenters. The van der Waals surface area contributed by atoms with Crippen molar-refractivity contribution in [3.8, 4) is 0 Å². The van der Waals surface area contributed by atoms with E-state index in [0.717, 1.165) is 12.8 Å². The number of nitrogens with zero attached hydrogens (tertiary/aromatic N) is 1. The predicted octanol–water partition coefficient (Wildman–Crippen LogP) is 0.969. The number of halogens is 1. The highest BCUT2D eigenvalue weighted by molar-refractivity contribution is 9.10. The van der Waals surface area contributed by atoms with Crippen LogP contribution in [0, 0.1) is 5.92 Å². The molecule has 0 spiro atoms. The number of rotatable bonds is 4. The lowest BCUT2D eigenvalue weighted by Crippen LogP contribution is -2.46. The van der Waals surface area contributed by atoms with E-state index in [0.29, 0.717) is 36.4 Å². The molecule has 1 atom stereocenters. The number of hydrogen-bond acceptors (Lipinski definition) is 4. The van der Waals surface area contributed by atoms with Gasteiger partial charge in [0.25, 0.3) is 5.91 Å². The monoisotopic (exact) mass is 343 g/mol. The smallest absolute Gasteiger partial charge is 0.258 e. The summed E-state index contributed by atoms with van der Waals surface area (Å²) in [5, 5.41) is 2.78. The molecule has 2 rings (SSSR count). The van der Waals surface area contributed by atoms with E-state index in [1.54, 1.807) is 11.0 Å². The van der Waals surface area contributed by atoms with Gasteiger partial charge in [0.15, 0.2) is 4.67 Å². The third kappa shape index (κ3) is 3.40. The van der Waals surface area contributed by atoms with Crippen LogP contribution in [0.15, 0.2) is 21.4 Å². The zero-order chi connectivity index (χ0) is 14.5. The Morgan fingerprint density at radius 3 is 3.00 bits per heavy atom. The van der Waals surface area contributed by atoms with E-state index in [4.69, 9.17) is 10.2 Å². The average molecular weight is 344 g/mol. The summed E-state index contributed by atoms with van der Waals surface area (Å²) in [7, 11) is 0. The Bertz CT molecular complexity index is 489. The van der Waals surface area contributed by atoms with E-state index in [-0.39, 0.29) is 17.7 Å². The molecule has 2 amide bonds. The van der Waals surface area contributed by atoms with E-state index in [1.165, 1.54) is 6.26 Å². The molecule has 1 aromatic heterocycles. The quantitative estimate of drug-likeness (QED) is 0.852. The summed E-state index contributed by atoms with van der Waals surface area (Å²) in [5.74, 6) is -0.300. The van der Waals surface area contributed by atoms with E-state index in [9.17, 15) is 9.59 Å². The van der Waals surface area contributed by atoms with Gasteiger partial charge in [-0.1, -0.05) is 0 Å². The number of likely N-dealkylation sites (tertiary alicyclic amines) is 1. The molecule has 2 heterocycles. The third-order valence-corrected chi connectivity index (χ3v) is 3.99. The summed E-state index contributed by atoms with van der Waals surface area (Å²) in [6, 6.07) is 1.63. The van der Waals surface area contributed by atoms with Gasteiger partial charge in [0.1, 0.15) is 0 Å². The number of piperidine rings is 1. The lowest BCUT2D eigenvalue weighted by atomic mass is 9.96. The van der Waals surface area contributed by atoms with Crippen LogP contribution in [-0.2, 0) is 4.79 Å². The fraction of sp³-hybridized carbons (Fsp3) is 0.538. The van der Waals surface area contributed by atoms with Gasteiger partial charge in [-0.15, -0.1) is 0 Å². The van der Waals surface area contributed by atoms with Crippen LogP contribution in [0.25, 0.3) is 0 Å². The zero-order valence-corrected chi connectivity index (χ0v) is 12.7. The average Bonchev–Trinajstić information content (AvgIpc) is 2.90. The molecule has 110 valence electrons. The molecule has 0 aromatic carbocycles. The van der Waals surface area contributed by atoms with Gasteiger partial charge in [-0.2, -0.15) is 0 Å². The van der Waals surface area contributed by atoms with Crippen LogP contribution in [0.4, 0.5) is 0 Å². The van der Waals surface area contributed by atoms with E-state index in [2.05, 4.69) is 21.2 Å². The van der Waals surface area contributed by atoms with Crippen LogP contribution in [0.3, 0.4) is 0 Å². The van der Waals surface area contributed by atoms with E-state index in [1.807, 2.05) is 0 Å². The van der Waals surface area contributed by atoms with Gasteiger partial charge in [0.05, 0.1) is 17.7 Å². The van der Waals surface area contributed by atoms with Gasteiger partial charge in [-0.3, -0.25) is 9.59 Å². The molecule has 6 nitrogen and oxygen atoms in total. The molecule has 0 radical (unpaired) electrons. The summed E-state index contributed by atoms with van der Waals surface area (Å²) in [6.45, 7) is 1.99. The molecule has 1 aliphatic heterocycles. The van der Waals surface area contributed by atoms with Crippen molar-refractivity contribution < 1.29 is 14.0 Å². The number of nitrogens with one attached hydrogen (secondary N) is 1. The molecular weight excluding hydrogens is 326 g/mol. The SMILES string of the molecule is NCCNC(=O)C1CCCN(C(=O)c2ccoc2Br)C1. The number of amides is 2. The number of carbonyl (C=O) groups is 2. The summed E-state index contributed by atoms with van der Waals surface area (Å²) in [4.78, 5) is 26.0. The first-order chi connectivity index (χ1) is 9.63. The minimum absolute atomic E-state index is 0.0285. The highest BCUT2D eigenvalue weighted by atomic mass is 79.9. The van der Waals surface area contributed by atoms with E-state index < -0.39 is 0 Å². The van der Waals surface area contributed by atoms with Crippen molar-refractivity contribution in [2.75, 3.05) is 26.2 Å². The molecule has 1 aromatic rings. The fourth-order valence-corrected chi connectivity index (χ4v) is 2.74. The lowest BCUT2D eigenvalue weighted by molar-refractivity contribution is -0.126. The number of furan rings is 1. The largest absolute Gasteiger partial charge is 0.457 e. The van der Waals surface area contributed by atoms with Crippen LogP contribution in [0.2, 0.25) is 0 Å². The summed E-state index contributed by atoms with van der Waals surface area (Å²) in [6.07, 6.45) is 3.08. The minimum Gasteiger partial charge on any atom is -0.457 e. The standard InChI is InChI=1S/C13H18BrN3O3/c14-11-10(3-7-20-11)13(19)17-6-1-2-9(8-17)12(18)16-5-4-15/h3,7,9H,1-2,4-6,8,15H2,(H,16,18). The van der Waals surface area contributed by atoms with Gasteiger partial charge in [0.2, 0.25) is 5.91 Å². The predicted molar refractivity (Wildman–Crippen MR) is 77.1 cm³/mol. The van der Waals surface area contributed by atoms with Gasteiger partial charge in [0, 0.05) is 26.2 Å². The highest BCUT2D eigenvalue weighted by Crippen LogP contribution is 2.23. The molecule has 0 bridgehead atoms. The van der Waals surface area contributed by atoms with Crippen LogP contribution in [0.1, 0.15) is 23.2 Å². The summed E-state index contributed by atoms with van der Waals surface area (Å²) >= 11 is 3.20. The highest BCUT2D eigenvalue weighted by Gasteiger charge is 2.29. The van der Waals surface area contributed by atoms with Crippen molar-refractivity contribution in [1.29, 1.82) is 0 Å². The van der Waals surface area contributed by atoms with Crippen LogP contribution >= 0.6 is 15.9 Å². The maximum Gasteiger partial charge on any atom is 0.258 e. The van der Waals surface area contributed by atoms with Crippen LogP contribution in [0.5, 0.6) is 0 Å². The first-order valence-corrected chi connectivity index (χ1v) is 7.43. The zero-order valence-electron chi connectivity index (χ0n) is 11.1. The first kappa shape index (κ1) is 15.1. The maximum atomic E-state index is 12.3. The number of carbonyl (C=O) groups excluding carboxylic acids is 2. The molecule has 1 fully saturated rings. The Labute approximate surface area is 125 Å². The van der Waals surface area contributed by atoms with Crippen LogP contribution in [-0.4, -0.2) is 42.9 Å². The Morgan fingerprint density at radius 1 is 1.55 bits per heavy atom. The second-order valence-electron chi connectivity index (χ2n) is 4.78. The number of hydrogen-bond donors (Lipinski definition) is 2. The van der Waals surface area contributed by atoms with Crippen molar-refractivity contribution in [3.05, 3.63) is 22.6 Å². The second kappa shape index (κ2) is 6.90. The normalized spacial score (nSPS) is 18.9. The maximum absolute atomic E-state index is 12.3. The Hall–Kier alpha value is -1.34. The van der Waals surface area contributed by atoms with Crippen molar-refractivity contribution in [3.63, 3.8) is 0 Å². The van der Waals surface area contributed by atoms with Gasteiger partial charge in [-0.25, -0.2) is 0 Å². The molecule has 1 saturated heterocycles. The second-order valence-corrected chi connectivity index (χ2v) is 5.50. The van der Waals surface area contributed by atoms with Crippen molar-refractivity contribution in [2.24, 2.45) is 11.7 Å². The van der Waals surface area contributed by atoms with Gasteiger partial charge < -0.3 is 20.4 Å². The van der Waals surface area contributed by atoms with E-state index >= 15 is 0 Å². The molecule has 20 heavy (non-hydrogen) atoms. The fourth-order valence-electron chi connectivity index (χ4n) is 2.33. The Kier molecular flexibility index (Phi) is 5.19. The minimum atomic E-state index is -0.162. The summed E-state index contributed by atoms with van der Waals surface area (Å²) in [5.41, 5.74) is 5.86. The van der Waals surface area contributed by atoms with Crippen LogP contribution < -0.4 is 11.1 Å². The molecule has 7 heteroatoms. The van der Waals surface area contributed by atoms with Gasteiger partial charge >= 0.3 is 0 Å². The number of nitrogens with two attached hydrogens (primary N) is 1. The molecule has 3 N–H and O–H groups in total. The Morgan fingerprint density at radius 2 is 2.35 bits per heavy atom. The molecule has 1 aliphatic rings. The topological polar surface area (TPSA) is 88.6 Å². The van der Waals surface area contributed by atoms with Crippen molar-refractivity contribution in [1.82, 2.24) is 10.2 Å². The van der Waals surface area contributed by atoms with Crippen molar-refractivity contribution >= 4 is 27.7 Å². The van der Waals surface area contributed by atoms with Crippen molar-refractivity contribution in [2.45, 2.75) is 12.8 Å². The lowest BCUT2D eigenvalue weighted by Gasteiger charge is -2.31. The van der Waals surface area contributed by atoms with Gasteiger partial charge in [-0.05, 0) is 34.8 Å². The Balaban J connectivity index is 1.98. The third-order valence-electron chi connectivity index (χ3n) is 3.37. The summed E-state index contributed by atoms with van der Waals surface area (Å²) < 4.78 is 5.51. The molecule has 0 aliphatic carbocycles.